The summed E-state index contributed by atoms with van der Waals surface area (Å²) in [5.74, 6) is -0.175. The van der Waals surface area contributed by atoms with E-state index in [4.69, 9.17) is 0 Å². The fraction of sp³-hybridized carbons (Fsp3) is 0.391. The average Bonchev–Trinajstić information content (AvgIpc) is 2.62. The highest BCUT2D eigenvalue weighted by Gasteiger charge is 2.26. The Labute approximate surface area is 162 Å². The SMILES string of the molecule is Cc1ccc(CN(C(=O)Cc2ccccc2C)[C@H](C)C(=O)NC(C)C)cc1. The molecule has 2 rings (SSSR count). The van der Waals surface area contributed by atoms with Gasteiger partial charge in [0.2, 0.25) is 11.8 Å². The lowest BCUT2D eigenvalue weighted by atomic mass is 10.0. The zero-order chi connectivity index (χ0) is 20.0. The lowest BCUT2D eigenvalue weighted by molar-refractivity contribution is -0.140. The second-order valence-corrected chi connectivity index (χ2v) is 7.45. The molecule has 0 radical (unpaired) electrons. The molecule has 0 aliphatic carbocycles. The molecule has 4 heteroatoms. The average molecular weight is 367 g/mol. The summed E-state index contributed by atoms with van der Waals surface area (Å²) in [5.41, 5.74) is 4.26. The van der Waals surface area contributed by atoms with Crippen LogP contribution in [0.15, 0.2) is 48.5 Å². The van der Waals surface area contributed by atoms with E-state index in [0.29, 0.717) is 6.54 Å². The standard InChI is InChI=1S/C23H30N2O2/c1-16(2)24-23(27)19(5)25(15-20-12-10-17(3)11-13-20)22(26)14-21-9-7-6-8-18(21)4/h6-13,16,19H,14-15H2,1-5H3,(H,24,27)/t19-/m1/s1. The molecular weight excluding hydrogens is 336 g/mol. The molecule has 0 bridgehead atoms. The molecule has 27 heavy (non-hydrogen) atoms. The van der Waals surface area contributed by atoms with Gasteiger partial charge in [-0.2, -0.15) is 0 Å². The Morgan fingerprint density at radius 3 is 2.19 bits per heavy atom. The minimum atomic E-state index is -0.537. The molecule has 0 aliphatic rings. The fourth-order valence-electron chi connectivity index (χ4n) is 2.95. The second kappa shape index (κ2) is 9.36. The molecule has 2 aromatic carbocycles. The van der Waals surface area contributed by atoms with Crippen LogP contribution in [0.5, 0.6) is 0 Å². The zero-order valence-electron chi connectivity index (χ0n) is 17.0. The van der Waals surface area contributed by atoms with Gasteiger partial charge in [-0.05, 0) is 51.3 Å². The predicted molar refractivity (Wildman–Crippen MR) is 109 cm³/mol. The number of hydrogen-bond acceptors (Lipinski definition) is 2. The van der Waals surface area contributed by atoms with E-state index in [-0.39, 0.29) is 24.3 Å². The van der Waals surface area contributed by atoms with Crippen LogP contribution in [0.2, 0.25) is 0 Å². The largest absolute Gasteiger partial charge is 0.352 e. The van der Waals surface area contributed by atoms with Gasteiger partial charge in [-0.1, -0.05) is 54.1 Å². The van der Waals surface area contributed by atoms with Crippen molar-refractivity contribution in [2.24, 2.45) is 0 Å². The van der Waals surface area contributed by atoms with E-state index in [2.05, 4.69) is 5.32 Å². The van der Waals surface area contributed by atoms with Crippen LogP contribution >= 0.6 is 0 Å². The highest BCUT2D eigenvalue weighted by atomic mass is 16.2. The third-order valence-electron chi connectivity index (χ3n) is 4.67. The normalized spacial score (nSPS) is 11.9. The first-order valence-corrected chi connectivity index (χ1v) is 9.48. The van der Waals surface area contributed by atoms with Gasteiger partial charge in [-0.25, -0.2) is 0 Å². The van der Waals surface area contributed by atoms with E-state index in [0.717, 1.165) is 16.7 Å². The van der Waals surface area contributed by atoms with E-state index in [1.165, 1.54) is 5.56 Å². The molecule has 1 N–H and O–H groups in total. The van der Waals surface area contributed by atoms with Crippen LogP contribution in [-0.4, -0.2) is 28.8 Å². The Kier molecular flexibility index (Phi) is 7.17. The van der Waals surface area contributed by atoms with Crippen molar-refractivity contribution in [2.45, 2.75) is 59.7 Å². The van der Waals surface area contributed by atoms with Gasteiger partial charge in [0, 0.05) is 12.6 Å². The first-order chi connectivity index (χ1) is 12.8. The number of rotatable bonds is 7. The lowest BCUT2D eigenvalue weighted by Gasteiger charge is -2.29. The van der Waals surface area contributed by atoms with Gasteiger partial charge in [0.15, 0.2) is 0 Å². The van der Waals surface area contributed by atoms with Gasteiger partial charge in [-0.15, -0.1) is 0 Å². The maximum absolute atomic E-state index is 13.1. The van der Waals surface area contributed by atoms with E-state index < -0.39 is 6.04 Å². The highest BCUT2D eigenvalue weighted by Crippen LogP contribution is 2.15. The van der Waals surface area contributed by atoms with Gasteiger partial charge in [0.05, 0.1) is 6.42 Å². The number of nitrogens with one attached hydrogen (secondary N) is 1. The zero-order valence-corrected chi connectivity index (χ0v) is 17.0. The van der Waals surface area contributed by atoms with Gasteiger partial charge in [0.1, 0.15) is 6.04 Å². The molecule has 2 amide bonds. The Morgan fingerprint density at radius 2 is 1.59 bits per heavy atom. The summed E-state index contributed by atoms with van der Waals surface area (Å²) in [4.78, 5) is 27.3. The highest BCUT2D eigenvalue weighted by molar-refractivity contribution is 5.88. The molecule has 0 aromatic heterocycles. The molecule has 0 saturated heterocycles. The third-order valence-corrected chi connectivity index (χ3v) is 4.67. The van der Waals surface area contributed by atoms with Crippen LogP contribution in [0.25, 0.3) is 0 Å². The summed E-state index contributed by atoms with van der Waals surface area (Å²) >= 11 is 0. The first kappa shape index (κ1) is 20.7. The molecule has 2 aromatic rings. The van der Waals surface area contributed by atoms with Crippen molar-refractivity contribution >= 4 is 11.8 Å². The van der Waals surface area contributed by atoms with Gasteiger partial charge >= 0.3 is 0 Å². The molecule has 4 nitrogen and oxygen atoms in total. The van der Waals surface area contributed by atoms with Gasteiger partial charge in [0.25, 0.3) is 0 Å². The predicted octanol–water partition coefficient (Wildman–Crippen LogP) is 3.79. The van der Waals surface area contributed by atoms with Crippen LogP contribution in [0.3, 0.4) is 0 Å². The molecule has 0 heterocycles. The number of nitrogens with zero attached hydrogens (tertiary/aromatic N) is 1. The van der Waals surface area contributed by atoms with Crippen LogP contribution in [-0.2, 0) is 22.6 Å². The summed E-state index contributed by atoms with van der Waals surface area (Å²) in [7, 11) is 0. The van der Waals surface area contributed by atoms with E-state index >= 15 is 0 Å². The van der Waals surface area contributed by atoms with Crippen molar-refractivity contribution in [1.82, 2.24) is 10.2 Å². The molecule has 1 atom stereocenters. The number of benzene rings is 2. The maximum atomic E-state index is 13.1. The fourth-order valence-corrected chi connectivity index (χ4v) is 2.95. The number of carbonyl (C=O) groups is 2. The van der Waals surface area contributed by atoms with Crippen LogP contribution in [0, 0.1) is 13.8 Å². The number of hydrogen-bond donors (Lipinski definition) is 1. The summed E-state index contributed by atoms with van der Waals surface area (Å²) in [6.45, 7) is 10.1. The molecule has 0 fully saturated rings. The van der Waals surface area contributed by atoms with Crippen molar-refractivity contribution in [3.8, 4) is 0 Å². The summed E-state index contributed by atoms with van der Waals surface area (Å²) in [6.07, 6.45) is 0.290. The van der Waals surface area contributed by atoms with Gasteiger partial charge < -0.3 is 10.2 Å². The molecule has 0 unspecified atom stereocenters. The first-order valence-electron chi connectivity index (χ1n) is 9.48. The van der Waals surface area contributed by atoms with Crippen LogP contribution < -0.4 is 5.32 Å². The Bertz CT molecular complexity index is 781. The monoisotopic (exact) mass is 366 g/mol. The van der Waals surface area contributed by atoms with E-state index in [1.54, 1.807) is 11.8 Å². The van der Waals surface area contributed by atoms with Crippen molar-refractivity contribution in [3.63, 3.8) is 0 Å². The van der Waals surface area contributed by atoms with Crippen molar-refractivity contribution in [2.75, 3.05) is 0 Å². The van der Waals surface area contributed by atoms with Gasteiger partial charge in [-0.3, -0.25) is 9.59 Å². The summed E-state index contributed by atoms with van der Waals surface area (Å²) in [6, 6.07) is 15.4. The Morgan fingerprint density at radius 1 is 0.963 bits per heavy atom. The number of amides is 2. The molecule has 144 valence electrons. The molecule has 0 aliphatic heterocycles. The van der Waals surface area contributed by atoms with Crippen molar-refractivity contribution < 1.29 is 9.59 Å². The molecule has 0 spiro atoms. The topological polar surface area (TPSA) is 49.4 Å². The van der Waals surface area contributed by atoms with E-state index in [1.807, 2.05) is 76.2 Å². The van der Waals surface area contributed by atoms with Crippen LogP contribution in [0.1, 0.15) is 43.0 Å². The van der Waals surface area contributed by atoms with Crippen LogP contribution in [0.4, 0.5) is 0 Å². The minimum Gasteiger partial charge on any atom is -0.352 e. The lowest BCUT2D eigenvalue weighted by Crippen LogP contribution is -2.49. The van der Waals surface area contributed by atoms with Crippen molar-refractivity contribution in [1.29, 1.82) is 0 Å². The summed E-state index contributed by atoms with van der Waals surface area (Å²) < 4.78 is 0. The Hall–Kier alpha value is -2.62. The van der Waals surface area contributed by atoms with Crippen molar-refractivity contribution in [3.05, 3.63) is 70.8 Å². The Balaban J connectivity index is 2.24. The quantitative estimate of drug-likeness (QED) is 0.810. The smallest absolute Gasteiger partial charge is 0.242 e. The number of carbonyl (C=O) groups excluding carboxylic acids is 2. The maximum Gasteiger partial charge on any atom is 0.242 e. The van der Waals surface area contributed by atoms with E-state index in [9.17, 15) is 9.59 Å². The molecule has 0 saturated carbocycles. The second-order valence-electron chi connectivity index (χ2n) is 7.45. The third kappa shape index (κ3) is 5.95. The molecular formula is C23H30N2O2. The number of aryl methyl sites for hydroxylation is 2. The summed E-state index contributed by atoms with van der Waals surface area (Å²) in [5, 5.41) is 2.92. The minimum absolute atomic E-state index is 0.0349.